The van der Waals surface area contributed by atoms with Crippen LogP contribution < -0.4 is 15.4 Å². The van der Waals surface area contributed by atoms with Gasteiger partial charge in [0, 0.05) is 18.7 Å². The summed E-state index contributed by atoms with van der Waals surface area (Å²) < 4.78 is 57.5. The number of carbonyl (C=O) groups excluding carboxylic acids is 1. The van der Waals surface area contributed by atoms with Crippen molar-refractivity contribution in [2.45, 2.75) is 0 Å². The molecule has 0 fully saturated rings. The van der Waals surface area contributed by atoms with Crippen LogP contribution in [0.25, 0.3) is 0 Å². The fourth-order valence-corrected chi connectivity index (χ4v) is 1.85. The predicted octanol–water partition coefficient (Wildman–Crippen LogP) is 2.49. The minimum Gasteiger partial charge on any atom is -0.497 e. The third-order valence-electron chi connectivity index (χ3n) is 3.06. The molecule has 0 aliphatic rings. The SMILES string of the molecule is COc1ccc(C(=O)NCCNc2c(F)c(F)nc(F)c2F)cc1. The molecule has 1 aromatic carbocycles. The quantitative estimate of drug-likeness (QED) is 0.481. The summed E-state index contributed by atoms with van der Waals surface area (Å²) >= 11 is 0. The number of carbonyl (C=O) groups is 1. The zero-order valence-electron chi connectivity index (χ0n) is 12.5. The summed E-state index contributed by atoms with van der Waals surface area (Å²) in [4.78, 5) is 14.3. The van der Waals surface area contributed by atoms with Crippen LogP contribution in [-0.2, 0) is 0 Å². The van der Waals surface area contributed by atoms with E-state index in [2.05, 4.69) is 15.6 Å². The largest absolute Gasteiger partial charge is 0.497 e. The first-order valence-electron chi connectivity index (χ1n) is 6.80. The first-order valence-corrected chi connectivity index (χ1v) is 6.80. The highest BCUT2D eigenvalue weighted by Crippen LogP contribution is 2.21. The Labute approximate surface area is 134 Å². The van der Waals surface area contributed by atoms with E-state index in [0.29, 0.717) is 11.3 Å². The predicted molar refractivity (Wildman–Crippen MR) is 77.9 cm³/mol. The fourth-order valence-electron chi connectivity index (χ4n) is 1.85. The Morgan fingerprint density at radius 3 is 2.17 bits per heavy atom. The van der Waals surface area contributed by atoms with Crippen molar-refractivity contribution in [3.05, 3.63) is 53.4 Å². The average Bonchev–Trinajstić information content (AvgIpc) is 2.59. The van der Waals surface area contributed by atoms with Gasteiger partial charge in [-0.15, -0.1) is 0 Å². The molecule has 1 aromatic heterocycles. The third kappa shape index (κ3) is 3.92. The lowest BCUT2D eigenvalue weighted by Crippen LogP contribution is -2.29. The summed E-state index contributed by atoms with van der Waals surface area (Å²) in [6.07, 6.45) is 0. The Bertz CT molecular complexity index is 712. The van der Waals surface area contributed by atoms with Crippen molar-refractivity contribution in [3.8, 4) is 5.75 Å². The van der Waals surface area contributed by atoms with E-state index in [1.54, 1.807) is 12.1 Å². The number of aromatic nitrogens is 1. The molecule has 2 aromatic rings. The number of hydrogen-bond donors (Lipinski definition) is 2. The number of methoxy groups -OCH3 is 1. The van der Waals surface area contributed by atoms with Crippen molar-refractivity contribution >= 4 is 11.6 Å². The van der Waals surface area contributed by atoms with Crippen molar-refractivity contribution in [1.82, 2.24) is 10.3 Å². The molecule has 0 spiro atoms. The maximum atomic E-state index is 13.4. The van der Waals surface area contributed by atoms with Gasteiger partial charge in [-0.05, 0) is 24.3 Å². The van der Waals surface area contributed by atoms with Gasteiger partial charge >= 0.3 is 0 Å². The van der Waals surface area contributed by atoms with E-state index in [-0.39, 0.29) is 13.1 Å². The molecule has 128 valence electrons. The monoisotopic (exact) mass is 343 g/mol. The topological polar surface area (TPSA) is 63.2 Å². The molecule has 5 nitrogen and oxygen atoms in total. The van der Waals surface area contributed by atoms with Crippen LogP contribution in [0.4, 0.5) is 23.2 Å². The lowest BCUT2D eigenvalue weighted by molar-refractivity contribution is 0.0955. The first-order chi connectivity index (χ1) is 11.4. The van der Waals surface area contributed by atoms with Crippen molar-refractivity contribution in [2.75, 3.05) is 25.5 Å². The van der Waals surface area contributed by atoms with Gasteiger partial charge in [-0.25, -0.2) is 0 Å². The Balaban J connectivity index is 1.90. The van der Waals surface area contributed by atoms with E-state index in [1.165, 1.54) is 19.2 Å². The van der Waals surface area contributed by atoms with Gasteiger partial charge in [-0.3, -0.25) is 4.79 Å². The molecule has 0 saturated carbocycles. The maximum absolute atomic E-state index is 13.4. The third-order valence-corrected chi connectivity index (χ3v) is 3.06. The number of rotatable bonds is 6. The Hall–Kier alpha value is -2.84. The zero-order chi connectivity index (χ0) is 17.7. The molecular weight excluding hydrogens is 330 g/mol. The van der Waals surface area contributed by atoms with E-state index in [9.17, 15) is 22.4 Å². The van der Waals surface area contributed by atoms with Crippen molar-refractivity contribution in [3.63, 3.8) is 0 Å². The Kier molecular flexibility index (Phi) is 5.56. The van der Waals surface area contributed by atoms with E-state index in [0.717, 1.165) is 0 Å². The molecule has 0 saturated heterocycles. The molecule has 0 radical (unpaired) electrons. The van der Waals surface area contributed by atoms with Gasteiger partial charge in [0.05, 0.1) is 7.11 Å². The molecule has 0 unspecified atom stereocenters. The van der Waals surface area contributed by atoms with Gasteiger partial charge in [-0.2, -0.15) is 22.5 Å². The van der Waals surface area contributed by atoms with Gasteiger partial charge in [0.2, 0.25) is 11.6 Å². The van der Waals surface area contributed by atoms with E-state index in [1.807, 2.05) is 0 Å². The number of hydrogen-bond acceptors (Lipinski definition) is 4. The van der Waals surface area contributed by atoms with Gasteiger partial charge < -0.3 is 15.4 Å². The van der Waals surface area contributed by atoms with Crippen LogP contribution in [-0.4, -0.2) is 31.1 Å². The fraction of sp³-hybridized carbons (Fsp3) is 0.200. The summed E-state index contributed by atoms with van der Waals surface area (Å²) in [6.45, 7) is -0.187. The zero-order valence-corrected chi connectivity index (χ0v) is 12.5. The summed E-state index contributed by atoms with van der Waals surface area (Å²) in [6, 6.07) is 6.27. The second-order valence-electron chi connectivity index (χ2n) is 4.61. The van der Waals surface area contributed by atoms with Crippen LogP contribution >= 0.6 is 0 Å². The maximum Gasteiger partial charge on any atom is 0.253 e. The molecule has 1 heterocycles. The number of halogens is 4. The van der Waals surface area contributed by atoms with E-state index in [4.69, 9.17) is 4.74 Å². The molecule has 0 aliphatic carbocycles. The number of pyridine rings is 1. The number of anilines is 1. The Morgan fingerprint density at radius 2 is 1.62 bits per heavy atom. The number of amides is 1. The summed E-state index contributed by atoms with van der Waals surface area (Å²) in [7, 11) is 1.49. The molecule has 2 rings (SSSR count). The lowest BCUT2D eigenvalue weighted by atomic mass is 10.2. The second-order valence-corrected chi connectivity index (χ2v) is 4.61. The molecule has 9 heteroatoms. The first kappa shape index (κ1) is 17.5. The molecular formula is C15H13F4N3O2. The molecule has 1 amide bonds. The standard InChI is InChI=1S/C15H13F4N3O2/c1-24-9-4-2-8(3-5-9)15(23)21-7-6-20-12-10(16)13(18)22-14(19)11(12)17/h2-5H,6-7H2,1H3,(H,20,22)(H,21,23). The van der Waals surface area contributed by atoms with E-state index >= 15 is 0 Å². The van der Waals surface area contributed by atoms with Gasteiger partial charge in [0.25, 0.3) is 17.8 Å². The van der Waals surface area contributed by atoms with Crippen LogP contribution in [0.1, 0.15) is 10.4 Å². The van der Waals surface area contributed by atoms with Crippen molar-refractivity contribution in [1.29, 1.82) is 0 Å². The molecule has 0 atom stereocenters. The number of ether oxygens (including phenoxy) is 1. The second kappa shape index (κ2) is 7.62. The molecule has 0 bridgehead atoms. The van der Waals surface area contributed by atoms with Crippen LogP contribution in [0, 0.1) is 23.5 Å². The van der Waals surface area contributed by atoms with Crippen molar-refractivity contribution < 1.29 is 27.1 Å². The highest BCUT2D eigenvalue weighted by atomic mass is 19.2. The minimum absolute atomic E-state index is 0.0324. The molecule has 0 aliphatic heterocycles. The number of benzene rings is 1. The summed E-state index contributed by atoms with van der Waals surface area (Å²) in [5.41, 5.74) is -0.618. The Morgan fingerprint density at radius 1 is 1.04 bits per heavy atom. The number of nitrogens with one attached hydrogen (secondary N) is 2. The van der Waals surface area contributed by atoms with Crippen molar-refractivity contribution in [2.24, 2.45) is 0 Å². The van der Waals surface area contributed by atoms with Gasteiger partial charge in [-0.1, -0.05) is 0 Å². The highest BCUT2D eigenvalue weighted by molar-refractivity contribution is 5.94. The normalized spacial score (nSPS) is 10.4. The summed E-state index contributed by atoms with van der Waals surface area (Å²) in [5, 5.41) is 4.67. The van der Waals surface area contributed by atoms with Gasteiger partial charge in [0.15, 0.2) is 0 Å². The van der Waals surface area contributed by atoms with Crippen LogP contribution in [0.15, 0.2) is 24.3 Å². The van der Waals surface area contributed by atoms with Crippen LogP contribution in [0.2, 0.25) is 0 Å². The molecule has 24 heavy (non-hydrogen) atoms. The summed E-state index contributed by atoms with van der Waals surface area (Å²) in [5.74, 6) is -6.60. The number of nitrogens with zero attached hydrogens (tertiary/aromatic N) is 1. The smallest absolute Gasteiger partial charge is 0.253 e. The average molecular weight is 343 g/mol. The van der Waals surface area contributed by atoms with Crippen LogP contribution in [0.3, 0.4) is 0 Å². The van der Waals surface area contributed by atoms with E-state index < -0.39 is 35.1 Å². The lowest BCUT2D eigenvalue weighted by Gasteiger charge is -2.10. The van der Waals surface area contributed by atoms with Crippen LogP contribution in [0.5, 0.6) is 5.75 Å². The molecule has 2 N–H and O–H groups in total. The highest BCUT2D eigenvalue weighted by Gasteiger charge is 2.20. The minimum atomic E-state index is -1.75. The van der Waals surface area contributed by atoms with Gasteiger partial charge in [0.1, 0.15) is 11.4 Å².